The summed E-state index contributed by atoms with van der Waals surface area (Å²) in [4.78, 5) is 13.3. The number of benzene rings is 1. The molecule has 3 aromatic heterocycles. The normalized spacial score (nSPS) is 10.8. The number of hydrogen-bond donors (Lipinski definition) is 0. The molecular weight excluding hydrogens is 378 g/mol. The smallest absolute Gasteiger partial charge is 0.362 e. The van der Waals surface area contributed by atoms with Crippen molar-refractivity contribution in [2.75, 3.05) is 6.61 Å². The van der Waals surface area contributed by atoms with Gasteiger partial charge in [-0.3, -0.25) is 0 Å². The van der Waals surface area contributed by atoms with Crippen LogP contribution in [0.4, 0.5) is 0 Å². The van der Waals surface area contributed by atoms with Crippen molar-refractivity contribution >= 4 is 17.3 Å². The van der Waals surface area contributed by atoms with E-state index in [-0.39, 0.29) is 18.9 Å². The van der Waals surface area contributed by atoms with Gasteiger partial charge in [-0.05, 0) is 30.5 Å². The molecule has 8 heteroatoms. The number of aromatic nitrogens is 3. The van der Waals surface area contributed by atoms with E-state index < -0.39 is 5.97 Å². The van der Waals surface area contributed by atoms with E-state index in [2.05, 4.69) is 10.3 Å². The maximum absolute atomic E-state index is 12.3. The molecule has 4 aromatic rings. The largest absolute Gasteiger partial charge is 0.483 e. The molecule has 142 valence electrons. The predicted octanol–water partition coefficient (Wildman–Crippen LogP) is 4.34. The lowest BCUT2D eigenvalue weighted by atomic mass is 10.3. The number of carbonyl (C=O) groups excluding carboxylic acids is 1. The quantitative estimate of drug-likeness (QED) is 0.433. The van der Waals surface area contributed by atoms with E-state index in [0.717, 1.165) is 10.6 Å². The minimum absolute atomic E-state index is 0.118. The molecule has 1 aromatic carbocycles. The van der Waals surface area contributed by atoms with E-state index >= 15 is 0 Å². The fourth-order valence-corrected chi connectivity index (χ4v) is 3.26. The van der Waals surface area contributed by atoms with Crippen LogP contribution in [0.15, 0.2) is 64.6 Å². The predicted molar refractivity (Wildman–Crippen MR) is 104 cm³/mol. The first-order valence-electron chi connectivity index (χ1n) is 8.69. The monoisotopic (exact) mass is 395 g/mol. The van der Waals surface area contributed by atoms with Gasteiger partial charge in [0.1, 0.15) is 12.3 Å². The van der Waals surface area contributed by atoms with Crippen LogP contribution in [0.5, 0.6) is 5.75 Å². The van der Waals surface area contributed by atoms with Crippen LogP contribution in [0.2, 0.25) is 0 Å². The third kappa shape index (κ3) is 3.81. The van der Waals surface area contributed by atoms with Crippen LogP contribution in [0.3, 0.4) is 0 Å². The second-order valence-corrected chi connectivity index (χ2v) is 6.74. The number of rotatable bonds is 7. The first-order chi connectivity index (χ1) is 13.7. The van der Waals surface area contributed by atoms with Gasteiger partial charge in [-0.1, -0.05) is 29.4 Å². The molecule has 0 radical (unpaired) electrons. The molecule has 0 aliphatic carbocycles. The lowest BCUT2D eigenvalue weighted by Gasteiger charge is -2.03. The highest BCUT2D eigenvalue weighted by Gasteiger charge is 2.21. The molecule has 28 heavy (non-hydrogen) atoms. The molecule has 0 atom stereocenters. The Kier molecular flexibility index (Phi) is 5.20. The van der Waals surface area contributed by atoms with Gasteiger partial charge in [0.15, 0.2) is 11.5 Å². The van der Waals surface area contributed by atoms with E-state index in [9.17, 15) is 4.79 Å². The Hall–Kier alpha value is -3.39. The number of esters is 1. The molecule has 0 fully saturated rings. The number of thiophene rings is 1. The molecule has 0 saturated carbocycles. The number of carbonyl (C=O) groups is 1. The SMILES string of the molecule is CCOC(=O)c1nn(-c2ccccc2)cc1OCc1cc(-c2cccs2)on1. The number of para-hydroxylation sites is 1. The first kappa shape index (κ1) is 18.0. The fraction of sp³-hybridized carbons (Fsp3) is 0.150. The Morgan fingerprint density at radius 1 is 1.21 bits per heavy atom. The summed E-state index contributed by atoms with van der Waals surface area (Å²) in [6, 6.07) is 15.2. The molecule has 0 bridgehead atoms. The van der Waals surface area contributed by atoms with Crippen molar-refractivity contribution < 1.29 is 18.8 Å². The molecular formula is C20H17N3O4S. The maximum Gasteiger partial charge on any atom is 0.362 e. The number of hydrogen-bond acceptors (Lipinski definition) is 7. The summed E-state index contributed by atoms with van der Waals surface area (Å²) in [5.41, 5.74) is 1.54. The van der Waals surface area contributed by atoms with Gasteiger partial charge in [-0.2, -0.15) is 5.10 Å². The molecule has 7 nitrogen and oxygen atoms in total. The average Bonchev–Trinajstić information content (AvgIpc) is 3.47. The lowest BCUT2D eigenvalue weighted by molar-refractivity contribution is 0.0514. The van der Waals surface area contributed by atoms with Crippen molar-refractivity contribution in [3.05, 3.63) is 71.5 Å². The zero-order valence-corrected chi connectivity index (χ0v) is 15.9. The summed E-state index contributed by atoms with van der Waals surface area (Å²) in [7, 11) is 0. The summed E-state index contributed by atoms with van der Waals surface area (Å²) in [5.74, 6) is 0.466. The van der Waals surface area contributed by atoms with Crippen molar-refractivity contribution in [3.63, 3.8) is 0 Å². The fourth-order valence-electron chi connectivity index (χ4n) is 2.58. The second-order valence-electron chi connectivity index (χ2n) is 5.79. The lowest BCUT2D eigenvalue weighted by Crippen LogP contribution is -2.08. The average molecular weight is 395 g/mol. The van der Waals surface area contributed by atoms with Gasteiger partial charge in [-0.15, -0.1) is 11.3 Å². The van der Waals surface area contributed by atoms with Crippen LogP contribution in [0.25, 0.3) is 16.3 Å². The van der Waals surface area contributed by atoms with Crippen LogP contribution in [-0.2, 0) is 11.3 Å². The minimum atomic E-state index is -0.536. The standard InChI is InChI=1S/C20H17N3O4S/c1-2-25-20(24)19-17(12-23(21-19)15-7-4-3-5-8-15)26-13-14-11-16(27-22-14)18-9-6-10-28-18/h3-12H,2,13H2,1H3. The van der Waals surface area contributed by atoms with E-state index in [1.807, 2.05) is 53.9 Å². The van der Waals surface area contributed by atoms with Crippen LogP contribution >= 0.6 is 11.3 Å². The molecule has 0 spiro atoms. The third-order valence-electron chi connectivity index (χ3n) is 3.87. The molecule has 0 saturated heterocycles. The minimum Gasteiger partial charge on any atom is -0.483 e. The van der Waals surface area contributed by atoms with Gasteiger partial charge in [-0.25, -0.2) is 9.48 Å². The molecule has 0 unspecified atom stereocenters. The van der Waals surface area contributed by atoms with Gasteiger partial charge >= 0.3 is 5.97 Å². The number of ether oxygens (including phenoxy) is 2. The van der Waals surface area contributed by atoms with Gasteiger partial charge in [0, 0.05) is 6.07 Å². The van der Waals surface area contributed by atoms with Crippen molar-refractivity contribution in [1.29, 1.82) is 0 Å². The Labute approximate surface area is 165 Å². The van der Waals surface area contributed by atoms with Gasteiger partial charge < -0.3 is 14.0 Å². The van der Waals surface area contributed by atoms with Crippen molar-refractivity contribution in [2.24, 2.45) is 0 Å². The summed E-state index contributed by atoms with van der Waals surface area (Å²) in [6.45, 7) is 2.14. The summed E-state index contributed by atoms with van der Waals surface area (Å²) in [6.07, 6.45) is 1.65. The van der Waals surface area contributed by atoms with Crippen molar-refractivity contribution in [1.82, 2.24) is 14.9 Å². The summed E-state index contributed by atoms with van der Waals surface area (Å²) in [5, 5.41) is 10.3. The van der Waals surface area contributed by atoms with Crippen LogP contribution in [-0.4, -0.2) is 27.5 Å². The van der Waals surface area contributed by atoms with Crippen LogP contribution in [0, 0.1) is 0 Å². The summed E-state index contributed by atoms with van der Waals surface area (Å²) >= 11 is 1.57. The first-order valence-corrected chi connectivity index (χ1v) is 9.57. The van der Waals surface area contributed by atoms with Gasteiger partial charge in [0.05, 0.1) is 23.4 Å². The Balaban J connectivity index is 1.56. The van der Waals surface area contributed by atoms with E-state index in [4.69, 9.17) is 14.0 Å². The Bertz CT molecular complexity index is 1050. The molecule has 0 N–H and O–H groups in total. The molecule has 0 amide bonds. The van der Waals surface area contributed by atoms with Crippen molar-refractivity contribution in [3.8, 4) is 22.1 Å². The highest BCUT2D eigenvalue weighted by atomic mass is 32.1. The van der Waals surface area contributed by atoms with Gasteiger partial charge in [0.25, 0.3) is 0 Å². The van der Waals surface area contributed by atoms with Crippen molar-refractivity contribution in [2.45, 2.75) is 13.5 Å². The summed E-state index contributed by atoms with van der Waals surface area (Å²) < 4.78 is 17.9. The maximum atomic E-state index is 12.3. The second kappa shape index (κ2) is 8.10. The van der Waals surface area contributed by atoms with E-state index in [1.54, 1.807) is 29.1 Å². The Morgan fingerprint density at radius 3 is 2.82 bits per heavy atom. The third-order valence-corrected chi connectivity index (χ3v) is 4.75. The van der Waals surface area contributed by atoms with Crippen LogP contribution in [0.1, 0.15) is 23.1 Å². The molecule has 0 aliphatic rings. The Morgan fingerprint density at radius 2 is 2.07 bits per heavy atom. The zero-order valence-electron chi connectivity index (χ0n) is 15.1. The van der Waals surface area contributed by atoms with Crippen LogP contribution < -0.4 is 4.74 Å². The molecule has 3 heterocycles. The molecule has 4 rings (SSSR count). The number of nitrogens with zero attached hydrogens (tertiary/aromatic N) is 3. The topological polar surface area (TPSA) is 79.4 Å². The molecule has 0 aliphatic heterocycles. The van der Waals surface area contributed by atoms with E-state index in [1.165, 1.54) is 0 Å². The highest BCUT2D eigenvalue weighted by Crippen LogP contribution is 2.26. The highest BCUT2D eigenvalue weighted by molar-refractivity contribution is 7.13. The van der Waals surface area contributed by atoms with Gasteiger partial charge in [0.2, 0.25) is 5.69 Å². The zero-order chi connectivity index (χ0) is 19.3. The van der Waals surface area contributed by atoms with E-state index in [0.29, 0.717) is 17.2 Å².